The normalized spacial score (nSPS) is 13.7. The number of benzene rings is 8. The summed E-state index contributed by atoms with van der Waals surface area (Å²) in [7, 11) is 0. The zero-order chi connectivity index (χ0) is 38.2. The molecule has 0 spiro atoms. The zero-order valence-corrected chi connectivity index (χ0v) is 32.9. The summed E-state index contributed by atoms with van der Waals surface area (Å²) in [6.07, 6.45) is 0. The summed E-state index contributed by atoms with van der Waals surface area (Å²) in [5.74, 6) is 0. The molecule has 2 aliphatic rings. The maximum absolute atomic E-state index is 6.69. The van der Waals surface area contributed by atoms with Gasteiger partial charge in [-0.25, -0.2) is 0 Å². The van der Waals surface area contributed by atoms with Crippen molar-refractivity contribution in [3.05, 3.63) is 151 Å². The fourth-order valence-corrected chi connectivity index (χ4v) is 11.6. The molecule has 8 aromatic carbocycles. The fraction of sp³-hybridized carbons (Fsp3) is 0.0769. The Morgan fingerprint density at radius 2 is 1.19 bits per heavy atom. The molecule has 0 saturated carbocycles. The number of para-hydroxylation sites is 2. The van der Waals surface area contributed by atoms with Crippen molar-refractivity contribution in [1.82, 2.24) is 4.57 Å². The van der Waals surface area contributed by atoms with Crippen LogP contribution in [0.5, 0.6) is 0 Å². The van der Waals surface area contributed by atoms with E-state index in [0.29, 0.717) is 0 Å². The summed E-state index contributed by atoms with van der Waals surface area (Å²) in [4.78, 5) is 2.58. The largest absolute Gasteiger partial charge is 0.456 e. The highest BCUT2D eigenvalue weighted by atomic mass is 32.1. The van der Waals surface area contributed by atoms with Gasteiger partial charge in [-0.2, -0.15) is 0 Å². The summed E-state index contributed by atoms with van der Waals surface area (Å²) >= 11 is 1.88. The van der Waals surface area contributed by atoms with Crippen LogP contribution in [0.4, 0.5) is 11.4 Å². The summed E-state index contributed by atoms with van der Waals surface area (Å²) < 4.78 is 18.5. The van der Waals surface area contributed by atoms with Crippen LogP contribution in [0.3, 0.4) is 0 Å². The smallest absolute Gasteiger partial charge is 0.333 e. The first-order valence-electron chi connectivity index (χ1n) is 20.1. The van der Waals surface area contributed by atoms with Crippen molar-refractivity contribution >= 4 is 126 Å². The molecule has 0 unspecified atom stereocenters. The number of rotatable bonds is 1. The van der Waals surface area contributed by atoms with Gasteiger partial charge in [-0.1, -0.05) is 99.6 Å². The number of furan rings is 2. The number of nitrogens with zero attached hydrogens (tertiary/aromatic N) is 2. The second-order valence-electron chi connectivity index (χ2n) is 17.3. The Hall–Kier alpha value is -6.76. The highest BCUT2D eigenvalue weighted by molar-refractivity contribution is 7.25. The molecule has 0 fully saturated rings. The molecule has 12 aromatic rings. The molecule has 4 aromatic heterocycles. The predicted molar refractivity (Wildman–Crippen MR) is 246 cm³/mol. The number of hydrogen-bond donors (Lipinski definition) is 0. The van der Waals surface area contributed by atoms with Gasteiger partial charge < -0.3 is 18.2 Å². The third kappa shape index (κ3) is 3.91. The van der Waals surface area contributed by atoms with Crippen molar-refractivity contribution in [3.8, 4) is 16.8 Å². The van der Waals surface area contributed by atoms with E-state index >= 15 is 0 Å². The van der Waals surface area contributed by atoms with E-state index in [4.69, 9.17) is 8.83 Å². The molecular formula is C52H33BN2O2S. The van der Waals surface area contributed by atoms with Gasteiger partial charge in [0.15, 0.2) is 0 Å². The lowest BCUT2D eigenvalue weighted by molar-refractivity contribution is 0.590. The Kier molecular flexibility index (Phi) is 5.73. The standard InChI is InChI=1S/C52H33BN2O2S/c1-52(2,3)28-16-18-29(19-17-28)55-42-26-47-37(30-10-4-7-13-44(30)57-47)22-35(42)33-20-21-34-36-23-39-32-12-6-9-15-48(32)58-49(39)27-41(36)54-43-24-38-31-11-5-8-14-45(31)56-46(38)25-40(43)53(55)50(33)51(34)54/h4-27H,1-3H3. The lowest BCUT2D eigenvalue weighted by Crippen LogP contribution is -2.60. The van der Waals surface area contributed by atoms with Crippen LogP contribution in [0.25, 0.3) is 103 Å². The molecule has 4 nitrogen and oxygen atoms in total. The lowest BCUT2D eigenvalue weighted by atomic mass is 9.44. The van der Waals surface area contributed by atoms with Gasteiger partial charge in [0, 0.05) is 81.2 Å². The van der Waals surface area contributed by atoms with E-state index in [2.05, 4.69) is 176 Å². The predicted octanol–water partition coefficient (Wildman–Crippen LogP) is 13.5. The third-order valence-electron chi connectivity index (χ3n) is 13.1. The zero-order valence-electron chi connectivity index (χ0n) is 32.1. The Balaban J connectivity index is 1.17. The molecule has 0 atom stereocenters. The summed E-state index contributed by atoms with van der Waals surface area (Å²) in [5.41, 5.74) is 15.9. The van der Waals surface area contributed by atoms with Crippen LogP contribution in [0.2, 0.25) is 0 Å². The number of hydrogen-bond acceptors (Lipinski definition) is 4. The minimum Gasteiger partial charge on any atom is -0.456 e. The molecule has 0 aliphatic carbocycles. The molecule has 0 bridgehead atoms. The minimum absolute atomic E-state index is 0.0297. The average molecular weight is 761 g/mol. The van der Waals surface area contributed by atoms with Gasteiger partial charge in [0.05, 0.1) is 11.0 Å². The van der Waals surface area contributed by atoms with Gasteiger partial charge in [0.25, 0.3) is 0 Å². The molecule has 14 rings (SSSR count). The molecule has 0 amide bonds. The van der Waals surface area contributed by atoms with Gasteiger partial charge in [-0.3, -0.25) is 0 Å². The second kappa shape index (κ2) is 10.6. The fourth-order valence-electron chi connectivity index (χ4n) is 10.4. The van der Waals surface area contributed by atoms with Gasteiger partial charge in [-0.15, -0.1) is 11.3 Å². The molecular weight excluding hydrogens is 727 g/mol. The van der Waals surface area contributed by atoms with Crippen LogP contribution < -0.4 is 15.7 Å². The summed E-state index contributed by atoms with van der Waals surface area (Å²) in [6.45, 7) is 6.71. The van der Waals surface area contributed by atoms with E-state index in [-0.39, 0.29) is 12.3 Å². The van der Waals surface area contributed by atoms with Crippen molar-refractivity contribution in [2.75, 3.05) is 4.81 Å². The molecule has 272 valence electrons. The van der Waals surface area contributed by atoms with Crippen LogP contribution in [-0.2, 0) is 5.41 Å². The lowest BCUT2D eigenvalue weighted by Gasteiger charge is -2.42. The number of fused-ring (bicyclic) bond motifs is 17. The van der Waals surface area contributed by atoms with Crippen LogP contribution in [0.15, 0.2) is 154 Å². The van der Waals surface area contributed by atoms with Crippen molar-refractivity contribution in [3.63, 3.8) is 0 Å². The van der Waals surface area contributed by atoms with Gasteiger partial charge in [0.2, 0.25) is 0 Å². The topological polar surface area (TPSA) is 34.5 Å². The summed E-state index contributed by atoms with van der Waals surface area (Å²) in [6, 6.07) is 54.0. The van der Waals surface area contributed by atoms with Crippen LogP contribution in [-0.4, -0.2) is 11.4 Å². The van der Waals surface area contributed by atoms with Crippen molar-refractivity contribution < 1.29 is 8.83 Å². The molecule has 6 heterocycles. The SMILES string of the molecule is CC(C)(C)c1ccc(N2B3c4cc5oc6ccccc6c5cc4-n4c5cc6sc7ccccc7c6cc5c5ccc(c3c54)-c3cc4c(cc32)oc2ccccc24)cc1. The van der Waals surface area contributed by atoms with E-state index in [1.54, 1.807) is 0 Å². The maximum Gasteiger partial charge on any atom is 0.333 e. The molecule has 58 heavy (non-hydrogen) atoms. The molecule has 2 aliphatic heterocycles. The van der Waals surface area contributed by atoms with Gasteiger partial charge in [-0.05, 0) is 88.1 Å². The number of anilines is 2. The minimum atomic E-state index is -0.139. The van der Waals surface area contributed by atoms with Crippen LogP contribution in [0, 0.1) is 0 Å². The van der Waals surface area contributed by atoms with E-state index in [1.807, 2.05) is 11.3 Å². The first-order valence-corrected chi connectivity index (χ1v) is 20.9. The van der Waals surface area contributed by atoms with E-state index < -0.39 is 0 Å². The highest BCUT2D eigenvalue weighted by Gasteiger charge is 2.45. The third-order valence-corrected chi connectivity index (χ3v) is 14.2. The quantitative estimate of drug-likeness (QED) is 0.156. The Labute approximate surface area is 337 Å². The van der Waals surface area contributed by atoms with E-state index in [0.717, 1.165) is 55.3 Å². The van der Waals surface area contributed by atoms with Gasteiger partial charge in [0.1, 0.15) is 22.3 Å². The Morgan fingerprint density at radius 3 is 1.95 bits per heavy atom. The summed E-state index contributed by atoms with van der Waals surface area (Å²) in [5, 5.41) is 9.73. The van der Waals surface area contributed by atoms with Crippen molar-refractivity contribution in [2.45, 2.75) is 26.2 Å². The first kappa shape index (κ1) is 31.3. The van der Waals surface area contributed by atoms with Crippen LogP contribution >= 0.6 is 11.3 Å². The molecule has 0 N–H and O–H groups in total. The molecule has 6 heteroatoms. The first-order chi connectivity index (χ1) is 28.4. The Bertz CT molecular complexity index is 3800. The van der Waals surface area contributed by atoms with Crippen molar-refractivity contribution in [2.24, 2.45) is 0 Å². The second-order valence-corrected chi connectivity index (χ2v) is 18.3. The Morgan fingerprint density at radius 1 is 0.500 bits per heavy atom. The van der Waals surface area contributed by atoms with Crippen molar-refractivity contribution in [1.29, 1.82) is 0 Å². The van der Waals surface area contributed by atoms with E-state index in [1.165, 1.54) is 75.3 Å². The number of aromatic nitrogens is 1. The molecule has 0 saturated heterocycles. The van der Waals surface area contributed by atoms with E-state index in [9.17, 15) is 0 Å². The van der Waals surface area contributed by atoms with Crippen LogP contribution in [0.1, 0.15) is 26.3 Å². The number of thiophene rings is 1. The maximum atomic E-state index is 6.69. The average Bonchev–Trinajstić information content (AvgIpc) is 3.99. The molecule has 0 radical (unpaired) electrons. The monoisotopic (exact) mass is 760 g/mol. The highest BCUT2D eigenvalue weighted by Crippen LogP contribution is 2.49. The van der Waals surface area contributed by atoms with Gasteiger partial charge >= 0.3 is 6.85 Å².